The number of likely N-dealkylation sites (tertiary alicyclic amines) is 1. The Labute approximate surface area is 229 Å². The van der Waals surface area contributed by atoms with E-state index in [4.69, 9.17) is 19.7 Å². The summed E-state index contributed by atoms with van der Waals surface area (Å²) in [6.45, 7) is 6.77. The van der Waals surface area contributed by atoms with Gasteiger partial charge in [-0.15, -0.1) is 0 Å². The van der Waals surface area contributed by atoms with E-state index in [1.165, 1.54) is 32.2 Å². The molecule has 5 aliphatic rings. The molecule has 0 unspecified atom stereocenters. The molecule has 0 radical (unpaired) electrons. The predicted octanol–water partition coefficient (Wildman–Crippen LogP) is 2.01. The summed E-state index contributed by atoms with van der Waals surface area (Å²) in [5.74, 6) is 3.85. The molecule has 3 N–H and O–H groups in total. The highest BCUT2D eigenvalue weighted by Crippen LogP contribution is 2.39. The maximum atomic E-state index is 13.6. The van der Waals surface area contributed by atoms with Crippen LogP contribution >= 0.6 is 0 Å². The van der Waals surface area contributed by atoms with E-state index < -0.39 is 0 Å². The lowest BCUT2D eigenvalue weighted by Gasteiger charge is -2.34. The van der Waals surface area contributed by atoms with E-state index >= 15 is 0 Å². The van der Waals surface area contributed by atoms with E-state index in [1.807, 2.05) is 6.07 Å². The van der Waals surface area contributed by atoms with Gasteiger partial charge in [0.25, 0.3) is 0 Å². The normalized spacial score (nSPS) is 26.2. The van der Waals surface area contributed by atoms with Gasteiger partial charge in [-0.1, -0.05) is 0 Å². The quantitative estimate of drug-likeness (QED) is 0.438. The number of nitrogens with zero attached hydrogens (tertiary/aromatic N) is 7. The number of anilines is 4. The van der Waals surface area contributed by atoms with Crippen LogP contribution in [0.3, 0.4) is 0 Å². The van der Waals surface area contributed by atoms with Gasteiger partial charge in [-0.3, -0.25) is 9.89 Å². The number of carbonyl (C=O) groups excluding carboxylic acids is 1. The Morgan fingerprint density at radius 1 is 0.974 bits per heavy atom. The zero-order valence-electron chi connectivity index (χ0n) is 22.6. The van der Waals surface area contributed by atoms with E-state index in [1.54, 1.807) is 0 Å². The van der Waals surface area contributed by atoms with Crippen molar-refractivity contribution >= 4 is 29.6 Å². The molecule has 2 atom stereocenters. The molecule has 7 rings (SSSR count). The zero-order chi connectivity index (χ0) is 26.2. The van der Waals surface area contributed by atoms with Gasteiger partial charge >= 0.3 is 0 Å². The Hall–Kier alpha value is -2.99. The second kappa shape index (κ2) is 10.9. The molecule has 2 aliphatic carbocycles. The van der Waals surface area contributed by atoms with Gasteiger partial charge in [-0.25, -0.2) is 0 Å². The Bertz CT molecular complexity index is 1160. The summed E-state index contributed by atoms with van der Waals surface area (Å²) in [5, 5.41) is 14.2. The Kier molecular flexibility index (Phi) is 6.98. The molecule has 0 bridgehead atoms. The standard InChI is InChI=1S/C27H40N10O2/c38-24(28-20-3-1-9-35(17-20)16-18-5-6-18)22-4-2-10-37(22)27-31-25(29-23-15-21(33-34-23)19-7-8-19)30-26(32-27)36-11-13-39-14-12-36/h15,18-20,22H,1-14,16-17H2,(H,28,38)(H2,29,30,31,32,33,34)/t20-,22+/m1/s1. The average molecular weight is 537 g/mol. The van der Waals surface area contributed by atoms with Crippen LogP contribution in [0.2, 0.25) is 0 Å². The van der Waals surface area contributed by atoms with Gasteiger partial charge in [-0.05, 0) is 63.8 Å². The van der Waals surface area contributed by atoms with Crippen LogP contribution in [0.4, 0.5) is 23.7 Å². The van der Waals surface area contributed by atoms with E-state index in [0.717, 1.165) is 70.0 Å². The number of aromatic amines is 1. The third-order valence-electron chi connectivity index (χ3n) is 8.64. The minimum atomic E-state index is -0.275. The predicted molar refractivity (Wildman–Crippen MR) is 147 cm³/mol. The van der Waals surface area contributed by atoms with Crippen LogP contribution in [-0.2, 0) is 9.53 Å². The molecule has 1 amide bonds. The number of hydrogen-bond acceptors (Lipinski definition) is 10. The first kappa shape index (κ1) is 25.0. The molecule has 3 saturated heterocycles. The van der Waals surface area contributed by atoms with Crippen molar-refractivity contribution in [1.82, 2.24) is 35.4 Å². The molecular weight excluding hydrogens is 496 g/mol. The lowest BCUT2D eigenvalue weighted by molar-refractivity contribution is -0.123. The van der Waals surface area contributed by atoms with E-state index in [9.17, 15) is 4.79 Å². The molecule has 2 aromatic rings. The summed E-state index contributed by atoms with van der Waals surface area (Å²) >= 11 is 0. The molecular formula is C27H40N10O2. The third-order valence-corrected chi connectivity index (χ3v) is 8.64. The minimum Gasteiger partial charge on any atom is -0.378 e. The number of piperidine rings is 1. The maximum Gasteiger partial charge on any atom is 0.243 e. The van der Waals surface area contributed by atoms with Gasteiger partial charge in [0.1, 0.15) is 6.04 Å². The second-order valence-electron chi connectivity index (χ2n) is 11.9. The first-order valence-corrected chi connectivity index (χ1v) is 14.9. The number of rotatable bonds is 9. The molecule has 2 aromatic heterocycles. The third kappa shape index (κ3) is 5.96. The van der Waals surface area contributed by atoms with Crippen molar-refractivity contribution in [2.45, 2.75) is 69.4 Å². The summed E-state index contributed by atoms with van der Waals surface area (Å²) < 4.78 is 5.55. The van der Waals surface area contributed by atoms with Crippen LogP contribution in [0.5, 0.6) is 0 Å². The Morgan fingerprint density at radius 2 is 1.79 bits per heavy atom. The molecule has 2 saturated carbocycles. The van der Waals surface area contributed by atoms with Gasteiger partial charge in [0.15, 0.2) is 5.82 Å². The summed E-state index contributed by atoms with van der Waals surface area (Å²) in [5.41, 5.74) is 1.15. The Morgan fingerprint density at radius 3 is 2.62 bits per heavy atom. The second-order valence-corrected chi connectivity index (χ2v) is 11.9. The summed E-state index contributed by atoms with van der Waals surface area (Å²) in [7, 11) is 0. The monoisotopic (exact) mass is 536 g/mol. The van der Waals surface area contributed by atoms with Crippen LogP contribution in [0.15, 0.2) is 6.07 Å². The van der Waals surface area contributed by atoms with Crippen LogP contribution in [0, 0.1) is 5.92 Å². The van der Waals surface area contributed by atoms with Crippen molar-refractivity contribution in [2.75, 3.05) is 67.6 Å². The molecule has 39 heavy (non-hydrogen) atoms. The number of aromatic nitrogens is 5. The first-order valence-electron chi connectivity index (χ1n) is 14.9. The Balaban J connectivity index is 1.08. The number of nitrogens with one attached hydrogen (secondary N) is 3. The average Bonchev–Trinajstić information content (AvgIpc) is 3.87. The van der Waals surface area contributed by atoms with Crippen molar-refractivity contribution in [3.63, 3.8) is 0 Å². The van der Waals surface area contributed by atoms with Crippen molar-refractivity contribution in [2.24, 2.45) is 5.92 Å². The van der Waals surface area contributed by atoms with Gasteiger partial charge in [0, 0.05) is 56.4 Å². The molecule has 0 spiro atoms. The highest BCUT2D eigenvalue weighted by atomic mass is 16.5. The van der Waals surface area contributed by atoms with Crippen molar-refractivity contribution in [1.29, 1.82) is 0 Å². The highest BCUT2D eigenvalue weighted by molar-refractivity contribution is 5.85. The van der Waals surface area contributed by atoms with E-state index in [0.29, 0.717) is 42.8 Å². The molecule has 12 nitrogen and oxygen atoms in total. The number of H-pyrrole nitrogens is 1. The van der Waals surface area contributed by atoms with Crippen molar-refractivity contribution < 1.29 is 9.53 Å². The summed E-state index contributed by atoms with van der Waals surface area (Å²) in [6.07, 6.45) is 9.06. The van der Waals surface area contributed by atoms with E-state index in [-0.39, 0.29) is 18.0 Å². The molecule has 210 valence electrons. The lowest BCUT2D eigenvalue weighted by atomic mass is 10.0. The molecule has 12 heteroatoms. The molecule has 3 aliphatic heterocycles. The smallest absolute Gasteiger partial charge is 0.243 e. The largest absolute Gasteiger partial charge is 0.378 e. The summed E-state index contributed by atoms with van der Waals surface area (Å²) in [4.78, 5) is 34.7. The van der Waals surface area contributed by atoms with Crippen LogP contribution in [-0.4, -0.2) is 101 Å². The van der Waals surface area contributed by atoms with Crippen molar-refractivity contribution in [3.8, 4) is 0 Å². The van der Waals surface area contributed by atoms with Gasteiger partial charge in [0.05, 0.1) is 13.2 Å². The van der Waals surface area contributed by atoms with Gasteiger partial charge < -0.3 is 30.1 Å². The lowest BCUT2D eigenvalue weighted by Crippen LogP contribution is -2.53. The number of morpholine rings is 1. The van der Waals surface area contributed by atoms with Crippen LogP contribution in [0.25, 0.3) is 0 Å². The highest BCUT2D eigenvalue weighted by Gasteiger charge is 2.36. The van der Waals surface area contributed by atoms with Gasteiger partial charge in [0.2, 0.25) is 23.8 Å². The van der Waals surface area contributed by atoms with Crippen LogP contribution in [0.1, 0.15) is 63.0 Å². The SMILES string of the molecule is O=C(N[C@@H]1CCCN(CC2CC2)C1)[C@@H]1CCCN1c1nc(Nc2cc(C3CC3)[nH]n2)nc(N2CCOCC2)n1. The van der Waals surface area contributed by atoms with Crippen LogP contribution < -0.4 is 20.4 Å². The zero-order valence-corrected chi connectivity index (χ0v) is 22.6. The maximum absolute atomic E-state index is 13.6. The number of ether oxygens (including phenoxy) is 1. The number of hydrogen-bond donors (Lipinski definition) is 3. The number of carbonyl (C=O) groups is 1. The molecule has 0 aromatic carbocycles. The van der Waals surface area contributed by atoms with Gasteiger partial charge in [-0.2, -0.15) is 20.1 Å². The topological polar surface area (TPSA) is 127 Å². The fourth-order valence-electron chi connectivity index (χ4n) is 6.14. The van der Waals surface area contributed by atoms with E-state index in [2.05, 4.69) is 35.5 Å². The fraction of sp³-hybridized carbons (Fsp3) is 0.741. The minimum absolute atomic E-state index is 0.0926. The number of amides is 1. The fourth-order valence-corrected chi connectivity index (χ4v) is 6.14. The summed E-state index contributed by atoms with van der Waals surface area (Å²) in [6, 6.07) is 1.98. The first-order chi connectivity index (χ1) is 19.2. The molecule has 5 heterocycles. The van der Waals surface area contributed by atoms with Crippen molar-refractivity contribution in [3.05, 3.63) is 11.8 Å². The molecule has 5 fully saturated rings.